The third-order valence-corrected chi connectivity index (χ3v) is 3.03. The average Bonchev–Trinajstić information content (AvgIpc) is 2.35. The molecule has 19 heavy (non-hydrogen) atoms. The molecule has 3 nitrogen and oxygen atoms in total. The van der Waals surface area contributed by atoms with Crippen LogP contribution in [0.3, 0.4) is 0 Å². The lowest BCUT2D eigenvalue weighted by atomic mass is 10.1. The highest BCUT2D eigenvalue weighted by molar-refractivity contribution is 5.91. The number of nitrogens with zero attached hydrogens (tertiary/aromatic N) is 2. The van der Waals surface area contributed by atoms with Crippen LogP contribution in [0.2, 0.25) is 0 Å². The second-order valence-corrected chi connectivity index (χ2v) is 4.67. The van der Waals surface area contributed by atoms with Crippen LogP contribution in [0.1, 0.15) is 13.3 Å². The number of rotatable bonds is 4. The molecule has 1 atom stereocenters. The van der Waals surface area contributed by atoms with E-state index in [-0.39, 0.29) is 5.52 Å². The Morgan fingerprint density at radius 1 is 1.37 bits per heavy atom. The van der Waals surface area contributed by atoms with E-state index in [1.54, 1.807) is 13.0 Å². The van der Waals surface area contributed by atoms with Crippen LogP contribution in [0.25, 0.3) is 10.9 Å². The summed E-state index contributed by atoms with van der Waals surface area (Å²) in [6, 6.07) is 3.82. The molecule has 0 radical (unpaired) electrons. The van der Waals surface area contributed by atoms with Gasteiger partial charge in [0.2, 0.25) is 0 Å². The summed E-state index contributed by atoms with van der Waals surface area (Å²) in [6.07, 6.45) is 1.67. The summed E-state index contributed by atoms with van der Waals surface area (Å²) in [6.45, 7) is 2.30. The normalized spacial score (nSPS) is 12.7. The first-order valence-corrected chi connectivity index (χ1v) is 6.12. The van der Waals surface area contributed by atoms with Crippen LogP contribution in [0.5, 0.6) is 0 Å². The van der Waals surface area contributed by atoms with Crippen molar-refractivity contribution in [3.05, 3.63) is 36.0 Å². The molecule has 0 amide bonds. The summed E-state index contributed by atoms with van der Waals surface area (Å²) >= 11 is 0. The Balaban J connectivity index is 2.43. The van der Waals surface area contributed by atoms with E-state index in [4.69, 9.17) is 0 Å². The Morgan fingerprint density at radius 2 is 2.11 bits per heavy atom. The number of benzene rings is 1. The zero-order valence-corrected chi connectivity index (χ0v) is 10.9. The lowest BCUT2D eigenvalue weighted by Crippen LogP contribution is -2.22. The third-order valence-electron chi connectivity index (χ3n) is 3.03. The monoisotopic (exact) mass is 266 g/mol. The number of aliphatic hydroxyl groups excluding tert-OH is 1. The van der Waals surface area contributed by atoms with Crippen molar-refractivity contribution in [2.24, 2.45) is 0 Å². The average molecular weight is 266 g/mol. The Hall–Kier alpha value is -1.75. The molecule has 0 aliphatic carbocycles. The molecule has 2 aromatic rings. The highest BCUT2D eigenvalue weighted by atomic mass is 19.1. The molecule has 0 saturated carbocycles. The molecule has 0 fully saturated rings. The highest BCUT2D eigenvalue weighted by Gasteiger charge is 2.12. The van der Waals surface area contributed by atoms with E-state index in [2.05, 4.69) is 4.98 Å². The summed E-state index contributed by atoms with van der Waals surface area (Å²) in [5.41, 5.74) is 0.854. The molecule has 1 N–H and O–H groups in total. The fourth-order valence-electron chi connectivity index (χ4n) is 2.00. The standard InChI is InChI=1S/C14H16F2N2O/c1-9(19)4-6-18(2)13-3-5-17-14-11(13)7-10(15)8-12(14)16/h3,5,7-9,19H,4,6H2,1-2H3. The number of fused-ring (bicyclic) bond motifs is 1. The third kappa shape index (κ3) is 2.98. The number of aromatic nitrogens is 1. The molecule has 5 heteroatoms. The van der Waals surface area contributed by atoms with Gasteiger partial charge in [-0.3, -0.25) is 4.98 Å². The first-order chi connectivity index (χ1) is 8.99. The van der Waals surface area contributed by atoms with Crippen molar-refractivity contribution < 1.29 is 13.9 Å². The van der Waals surface area contributed by atoms with Crippen molar-refractivity contribution in [2.75, 3.05) is 18.5 Å². The molecular formula is C14H16F2N2O. The fourth-order valence-corrected chi connectivity index (χ4v) is 2.00. The molecule has 1 heterocycles. The topological polar surface area (TPSA) is 36.4 Å². The van der Waals surface area contributed by atoms with Crippen LogP contribution in [-0.2, 0) is 0 Å². The predicted molar refractivity (Wildman–Crippen MR) is 71.2 cm³/mol. The van der Waals surface area contributed by atoms with E-state index in [0.717, 1.165) is 6.07 Å². The molecule has 1 aromatic heterocycles. The quantitative estimate of drug-likeness (QED) is 0.924. The largest absolute Gasteiger partial charge is 0.393 e. The molecule has 0 aliphatic heterocycles. The van der Waals surface area contributed by atoms with Gasteiger partial charge in [-0.1, -0.05) is 0 Å². The minimum absolute atomic E-state index is 0.155. The minimum atomic E-state index is -0.666. The maximum absolute atomic E-state index is 13.6. The summed E-state index contributed by atoms with van der Waals surface area (Å²) in [4.78, 5) is 5.80. The van der Waals surface area contributed by atoms with Crippen LogP contribution in [-0.4, -0.2) is 29.8 Å². The predicted octanol–water partition coefficient (Wildman–Crippen LogP) is 2.72. The van der Waals surface area contributed by atoms with Gasteiger partial charge < -0.3 is 10.0 Å². The van der Waals surface area contributed by atoms with Gasteiger partial charge in [-0.25, -0.2) is 8.78 Å². The van der Waals surface area contributed by atoms with E-state index in [1.807, 2.05) is 11.9 Å². The minimum Gasteiger partial charge on any atom is -0.393 e. The summed E-state index contributed by atoms with van der Waals surface area (Å²) < 4.78 is 27.0. The van der Waals surface area contributed by atoms with Crippen molar-refractivity contribution in [1.29, 1.82) is 0 Å². The van der Waals surface area contributed by atoms with Crippen LogP contribution in [0.4, 0.5) is 14.5 Å². The van der Waals surface area contributed by atoms with Gasteiger partial charge in [-0.05, 0) is 25.5 Å². The van der Waals surface area contributed by atoms with E-state index < -0.39 is 17.7 Å². The van der Waals surface area contributed by atoms with E-state index in [1.165, 1.54) is 12.3 Å². The van der Waals surface area contributed by atoms with Crippen LogP contribution >= 0.6 is 0 Å². The second-order valence-electron chi connectivity index (χ2n) is 4.67. The molecule has 0 saturated heterocycles. The van der Waals surface area contributed by atoms with Gasteiger partial charge in [-0.15, -0.1) is 0 Å². The van der Waals surface area contributed by atoms with E-state index in [9.17, 15) is 13.9 Å². The number of hydrogen-bond acceptors (Lipinski definition) is 3. The van der Waals surface area contributed by atoms with Crippen LogP contribution in [0.15, 0.2) is 24.4 Å². The molecule has 0 aliphatic rings. The van der Waals surface area contributed by atoms with E-state index >= 15 is 0 Å². The lowest BCUT2D eigenvalue weighted by molar-refractivity contribution is 0.187. The summed E-state index contributed by atoms with van der Waals surface area (Å²) in [5.74, 6) is -1.29. The zero-order valence-electron chi connectivity index (χ0n) is 10.9. The molecule has 1 aromatic carbocycles. The number of aliphatic hydroxyl groups is 1. The maximum Gasteiger partial charge on any atom is 0.152 e. The van der Waals surface area contributed by atoms with Crippen LogP contribution < -0.4 is 4.90 Å². The Morgan fingerprint density at radius 3 is 2.79 bits per heavy atom. The zero-order chi connectivity index (χ0) is 14.0. The number of anilines is 1. The van der Waals surface area contributed by atoms with Gasteiger partial charge in [-0.2, -0.15) is 0 Å². The summed E-state index contributed by atoms with van der Waals surface area (Å²) in [5, 5.41) is 9.73. The van der Waals surface area contributed by atoms with Crippen molar-refractivity contribution in [1.82, 2.24) is 4.98 Å². The molecule has 1 unspecified atom stereocenters. The SMILES string of the molecule is CC(O)CCN(C)c1ccnc2c(F)cc(F)cc12. The van der Waals surface area contributed by atoms with Gasteiger partial charge in [0.25, 0.3) is 0 Å². The molecule has 2 rings (SSSR count). The Kier molecular flexibility index (Phi) is 3.95. The molecule has 0 bridgehead atoms. The number of halogens is 2. The summed E-state index contributed by atoms with van der Waals surface area (Å²) in [7, 11) is 1.82. The Labute approximate surface area is 110 Å². The molecule has 0 spiro atoms. The van der Waals surface area contributed by atoms with Gasteiger partial charge >= 0.3 is 0 Å². The van der Waals surface area contributed by atoms with Crippen molar-refractivity contribution >= 4 is 16.6 Å². The molecule has 102 valence electrons. The van der Waals surface area contributed by atoms with Crippen molar-refractivity contribution in [3.8, 4) is 0 Å². The fraction of sp³-hybridized carbons (Fsp3) is 0.357. The second kappa shape index (κ2) is 5.48. The maximum atomic E-state index is 13.6. The van der Waals surface area contributed by atoms with Crippen molar-refractivity contribution in [2.45, 2.75) is 19.4 Å². The lowest BCUT2D eigenvalue weighted by Gasteiger charge is -2.21. The number of pyridine rings is 1. The first kappa shape index (κ1) is 13.7. The van der Waals surface area contributed by atoms with Crippen LogP contribution in [0, 0.1) is 11.6 Å². The number of hydrogen-bond donors (Lipinski definition) is 1. The first-order valence-electron chi connectivity index (χ1n) is 6.12. The smallest absolute Gasteiger partial charge is 0.152 e. The van der Waals surface area contributed by atoms with Gasteiger partial charge in [0.05, 0.1) is 6.10 Å². The van der Waals surface area contributed by atoms with Gasteiger partial charge in [0.1, 0.15) is 11.3 Å². The van der Waals surface area contributed by atoms with Crippen molar-refractivity contribution in [3.63, 3.8) is 0 Å². The Bertz CT molecular complexity index is 587. The molecular weight excluding hydrogens is 250 g/mol. The van der Waals surface area contributed by atoms with Gasteiger partial charge in [0, 0.05) is 36.9 Å². The van der Waals surface area contributed by atoms with Gasteiger partial charge in [0.15, 0.2) is 5.82 Å². The highest BCUT2D eigenvalue weighted by Crippen LogP contribution is 2.27. The van der Waals surface area contributed by atoms with E-state index in [0.29, 0.717) is 24.0 Å².